The van der Waals surface area contributed by atoms with Gasteiger partial charge in [-0.25, -0.2) is 0 Å². The first-order valence-electron chi connectivity index (χ1n) is 8.75. The number of nitrogens with zero attached hydrogens (tertiary/aromatic N) is 1. The third-order valence-corrected chi connectivity index (χ3v) is 6.64. The van der Waals surface area contributed by atoms with Crippen LogP contribution < -0.4 is 4.90 Å². The minimum atomic E-state index is 0.213. The summed E-state index contributed by atoms with van der Waals surface area (Å²) >= 11 is 0. The maximum Gasteiger partial charge on any atom is 0.232 e. The molecule has 0 saturated carbocycles. The Morgan fingerprint density at radius 2 is 2.18 bits per heavy atom. The minimum Gasteiger partial charge on any atom is -0.327 e. The molecule has 1 aromatic heterocycles. The minimum absolute atomic E-state index is 0.213. The van der Waals surface area contributed by atoms with Crippen molar-refractivity contribution in [2.24, 2.45) is 5.41 Å². The zero-order valence-electron chi connectivity index (χ0n) is 13.2. The number of hydrogen-bond acceptors (Lipinski definition) is 1. The highest BCUT2D eigenvalue weighted by molar-refractivity contribution is 5.97. The van der Waals surface area contributed by atoms with Crippen LogP contribution in [0.25, 0.3) is 10.9 Å². The Bertz CT molecular complexity index is 790. The molecule has 1 N–H and O–H groups in total. The third kappa shape index (κ3) is 1.38. The Hall–Kier alpha value is -1.61. The molecule has 3 heteroatoms. The normalized spacial score (nSPS) is 33.0. The predicted molar refractivity (Wildman–Crippen MR) is 86.3 cm³/mol. The molecular formula is C19H23N2O+. The molecule has 114 valence electrons. The number of fused-ring (bicyclic) bond motifs is 3. The molecule has 1 fully saturated rings. The van der Waals surface area contributed by atoms with E-state index in [4.69, 9.17) is 0 Å². The Labute approximate surface area is 130 Å². The van der Waals surface area contributed by atoms with Gasteiger partial charge in [-0.05, 0) is 30.9 Å². The van der Waals surface area contributed by atoms with Crippen LogP contribution >= 0.6 is 0 Å². The largest absolute Gasteiger partial charge is 0.327 e. The van der Waals surface area contributed by atoms with Gasteiger partial charge in [0.05, 0.1) is 24.3 Å². The Kier molecular flexibility index (Phi) is 2.48. The summed E-state index contributed by atoms with van der Waals surface area (Å²) in [6.07, 6.45) is 5.51. The standard InChI is InChI=1S/C19H22N2O/c1-2-19-9-5-10-20-11-8-14-13-6-3-4-7-15(13)21(16(22)12-19)17(14)18(19)20/h3-4,6-7,18H,2,5,8-12H2,1H3/p+1/t18-,19+/m1/s1. The maximum atomic E-state index is 13.0. The van der Waals surface area contributed by atoms with Crippen molar-refractivity contribution in [1.29, 1.82) is 0 Å². The number of benzene rings is 1. The molecule has 3 nitrogen and oxygen atoms in total. The zero-order valence-corrected chi connectivity index (χ0v) is 13.2. The monoisotopic (exact) mass is 295 g/mol. The molecule has 0 spiro atoms. The second kappa shape index (κ2) is 4.23. The number of carbonyl (C=O) groups is 1. The Morgan fingerprint density at radius 1 is 1.32 bits per heavy atom. The zero-order chi connectivity index (χ0) is 14.9. The summed E-state index contributed by atoms with van der Waals surface area (Å²) in [7, 11) is 0. The molecule has 1 saturated heterocycles. The molecule has 2 aromatic rings. The summed E-state index contributed by atoms with van der Waals surface area (Å²) in [4.78, 5) is 14.7. The number of hydrogen-bond donors (Lipinski definition) is 1. The summed E-state index contributed by atoms with van der Waals surface area (Å²) in [5.41, 5.74) is 4.20. The topological polar surface area (TPSA) is 26.4 Å². The van der Waals surface area contributed by atoms with E-state index in [2.05, 4.69) is 35.8 Å². The molecule has 3 atom stereocenters. The van der Waals surface area contributed by atoms with Crippen molar-refractivity contribution in [2.45, 2.75) is 45.1 Å². The number of aromatic nitrogens is 1. The molecular weight excluding hydrogens is 272 g/mol. The van der Waals surface area contributed by atoms with E-state index < -0.39 is 0 Å². The number of para-hydroxylation sites is 1. The van der Waals surface area contributed by atoms with E-state index in [1.54, 1.807) is 4.90 Å². The molecule has 22 heavy (non-hydrogen) atoms. The van der Waals surface area contributed by atoms with E-state index in [9.17, 15) is 4.79 Å². The van der Waals surface area contributed by atoms with Crippen LogP contribution in [-0.2, 0) is 6.42 Å². The summed E-state index contributed by atoms with van der Waals surface area (Å²) in [5.74, 6) is 0.332. The lowest BCUT2D eigenvalue weighted by Crippen LogP contribution is -3.16. The summed E-state index contributed by atoms with van der Waals surface area (Å²) in [6.45, 7) is 4.81. The van der Waals surface area contributed by atoms with E-state index in [0.717, 1.165) is 24.8 Å². The van der Waals surface area contributed by atoms with E-state index in [-0.39, 0.29) is 5.41 Å². The summed E-state index contributed by atoms with van der Waals surface area (Å²) in [5, 5.41) is 1.32. The molecule has 0 amide bonds. The predicted octanol–water partition coefficient (Wildman–Crippen LogP) is 2.36. The van der Waals surface area contributed by atoms with Crippen molar-refractivity contribution in [3.05, 3.63) is 35.5 Å². The fourth-order valence-corrected chi connectivity index (χ4v) is 5.67. The average Bonchev–Trinajstić information content (AvgIpc) is 2.89. The van der Waals surface area contributed by atoms with Crippen molar-refractivity contribution in [1.82, 2.24) is 4.57 Å². The van der Waals surface area contributed by atoms with Gasteiger partial charge in [0.25, 0.3) is 0 Å². The lowest BCUT2D eigenvalue weighted by Gasteiger charge is -2.51. The fraction of sp³-hybridized carbons (Fsp3) is 0.526. The van der Waals surface area contributed by atoms with Gasteiger partial charge < -0.3 is 4.90 Å². The van der Waals surface area contributed by atoms with Crippen molar-refractivity contribution >= 4 is 16.8 Å². The van der Waals surface area contributed by atoms with Gasteiger partial charge in [0, 0.05) is 23.6 Å². The Balaban J connectivity index is 1.88. The van der Waals surface area contributed by atoms with Crippen LogP contribution in [0.2, 0.25) is 0 Å². The number of quaternary nitrogens is 1. The van der Waals surface area contributed by atoms with Crippen LogP contribution in [0.3, 0.4) is 0 Å². The van der Waals surface area contributed by atoms with Crippen LogP contribution in [0.1, 0.15) is 54.7 Å². The first-order chi connectivity index (χ1) is 10.7. The SMILES string of the molecule is CC[C@]12CCC[NH+]3CCc4c(n(c5ccccc45)C(=O)C1)[C@@H]32. The summed E-state index contributed by atoms with van der Waals surface area (Å²) < 4.78 is 2.09. The first-order valence-corrected chi connectivity index (χ1v) is 8.75. The van der Waals surface area contributed by atoms with E-state index in [1.807, 2.05) is 0 Å². The van der Waals surface area contributed by atoms with Gasteiger partial charge in [-0.15, -0.1) is 0 Å². The van der Waals surface area contributed by atoms with Crippen LogP contribution in [0.15, 0.2) is 24.3 Å². The third-order valence-electron chi connectivity index (χ3n) is 6.64. The van der Waals surface area contributed by atoms with Crippen molar-refractivity contribution in [3.63, 3.8) is 0 Å². The first kappa shape index (κ1) is 12.9. The maximum absolute atomic E-state index is 13.0. The van der Waals surface area contributed by atoms with E-state index in [0.29, 0.717) is 11.9 Å². The molecule has 4 heterocycles. The molecule has 0 bridgehead atoms. The molecule has 5 rings (SSSR count). The van der Waals surface area contributed by atoms with Crippen LogP contribution in [0, 0.1) is 5.41 Å². The van der Waals surface area contributed by atoms with Crippen LogP contribution in [0.5, 0.6) is 0 Å². The molecule has 0 radical (unpaired) electrons. The van der Waals surface area contributed by atoms with Gasteiger partial charge in [0.1, 0.15) is 6.04 Å². The van der Waals surface area contributed by atoms with Gasteiger partial charge in [-0.1, -0.05) is 25.1 Å². The highest BCUT2D eigenvalue weighted by atomic mass is 16.2. The van der Waals surface area contributed by atoms with Gasteiger partial charge in [0.15, 0.2) is 0 Å². The van der Waals surface area contributed by atoms with E-state index in [1.165, 1.54) is 42.6 Å². The van der Waals surface area contributed by atoms with Crippen LogP contribution in [-0.4, -0.2) is 23.6 Å². The van der Waals surface area contributed by atoms with E-state index >= 15 is 0 Å². The highest BCUT2D eigenvalue weighted by Crippen LogP contribution is 2.51. The molecule has 1 unspecified atom stereocenters. The van der Waals surface area contributed by atoms with Gasteiger partial charge in [-0.2, -0.15) is 0 Å². The smallest absolute Gasteiger partial charge is 0.232 e. The van der Waals surface area contributed by atoms with Gasteiger partial charge in [0.2, 0.25) is 5.91 Å². The summed E-state index contributed by atoms with van der Waals surface area (Å²) in [6, 6.07) is 9.07. The second-order valence-electron chi connectivity index (χ2n) is 7.45. The number of piperidine rings is 1. The molecule has 0 aliphatic carbocycles. The number of rotatable bonds is 1. The van der Waals surface area contributed by atoms with Crippen molar-refractivity contribution in [3.8, 4) is 0 Å². The Morgan fingerprint density at radius 3 is 3.05 bits per heavy atom. The number of nitrogens with one attached hydrogen (secondary N) is 1. The van der Waals surface area contributed by atoms with Crippen molar-refractivity contribution < 1.29 is 9.69 Å². The molecule has 3 aliphatic rings. The average molecular weight is 295 g/mol. The lowest BCUT2D eigenvalue weighted by molar-refractivity contribution is -0.949. The van der Waals surface area contributed by atoms with Gasteiger partial charge in [-0.3, -0.25) is 9.36 Å². The lowest BCUT2D eigenvalue weighted by atomic mass is 9.64. The second-order valence-corrected chi connectivity index (χ2v) is 7.45. The number of carbonyl (C=O) groups excluding carboxylic acids is 1. The van der Waals surface area contributed by atoms with Crippen molar-refractivity contribution in [2.75, 3.05) is 13.1 Å². The fourth-order valence-electron chi connectivity index (χ4n) is 5.67. The quantitative estimate of drug-likeness (QED) is 0.859. The van der Waals surface area contributed by atoms with Crippen LogP contribution in [0.4, 0.5) is 0 Å². The van der Waals surface area contributed by atoms with Gasteiger partial charge >= 0.3 is 0 Å². The highest BCUT2D eigenvalue weighted by Gasteiger charge is 2.55. The molecule has 1 aromatic carbocycles. The molecule has 3 aliphatic heterocycles.